The number of nitrogens with one attached hydrogen (secondary N) is 1. The second-order valence-electron chi connectivity index (χ2n) is 7.35. The molecule has 2 aromatic carbocycles. The number of carbonyl (C=O) groups is 2. The zero-order chi connectivity index (χ0) is 21.4. The van der Waals surface area contributed by atoms with Crippen molar-refractivity contribution in [2.45, 2.75) is 32.0 Å². The molecule has 0 heterocycles. The van der Waals surface area contributed by atoms with Gasteiger partial charge in [0.25, 0.3) is 5.91 Å². The molecule has 6 nitrogen and oxygen atoms in total. The normalized spacial score (nSPS) is 14.3. The van der Waals surface area contributed by atoms with E-state index >= 15 is 0 Å². The van der Waals surface area contributed by atoms with Crippen molar-refractivity contribution in [2.24, 2.45) is 11.8 Å². The highest BCUT2D eigenvalue weighted by molar-refractivity contribution is 7.25. The summed E-state index contributed by atoms with van der Waals surface area (Å²) < 4.78 is 17.5. The fraction of sp³-hybridized carbons (Fsp3) is 0.364. The Morgan fingerprint density at radius 3 is 2.21 bits per heavy atom. The minimum absolute atomic E-state index is 0.114. The van der Waals surface area contributed by atoms with Crippen LogP contribution >= 0.6 is 8.46 Å². The van der Waals surface area contributed by atoms with Crippen LogP contribution in [0.5, 0.6) is 0 Å². The van der Waals surface area contributed by atoms with E-state index in [-0.39, 0.29) is 26.7 Å². The average molecular weight is 415 g/mol. The first-order valence-electron chi connectivity index (χ1n) is 9.39. The average Bonchev–Trinajstić information content (AvgIpc) is 2.72. The van der Waals surface area contributed by atoms with Gasteiger partial charge in [-0.25, -0.2) is 0 Å². The van der Waals surface area contributed by atoms with Crippen molar-refractivity contribution in [3.63, 3.8) is 0 Å². The second kappa shape index (κ2) is 10.3. The van der Waals surface area contributed by atoms with Crippen molar-refractivity contribution >= 4 is 26.0 Å². The van der Waals surface area contributed by atoms with Gasteiger partial charge in [-0.3, -0.25) is 14.2 Å². The zero-order valence-corrected chi connectivity index (χ0v) is 17.7. The number of carbonyl (C=O) groups excluding carboxylic acids is 1. The van der Waals surface area contributed by atoms with Gasteiger partial charge in [-0.2, -0.15) is 0 Å². The highest BCUT2D eigenvalue weighted by Gasteiger charge is 2.45. The van der Waals surface area contributed by atoms with Gasteiger partial charge in [0.05, 0.1) is 5.92 Å². The minimum Gasteiger partial charge on any atom is -0.481 e. The Hall–Kier alpha value is -2.56. The fourth-order valence-electron chi connectivity index (χ4n) is 3.21. The number of carboxylic acid groups (broad SMARTS) is 1. The standard InChI is InChI=1S/C22H26NO5P/c1-15(2)13-19(21(25)26)22(28-3,29-27)14-16-9-11-18(12-10-16)23-20(24)17-7-5-4-6-8-17/h4-12,15,19H,13-14H2,1-3H3,(H,23,24)(H,25,26). The molecule has 0 fully saturated rings. The molecule has 0 saturated carbocycles. The monoisotopic (exact) mass is 415 g/mol. The van der Waals surface area contributed by atoms with E-state index in [2.05, 4.69) is 5.32 Å². The summed E-state index contributed by atoms with van der Waals surface area (Å²) >= 11 is 0. The van der Waals surface area contributed by atoms with Crippen LogP contribution in [-0.2, 0) is 20.5 Å². The summed E-state index contributed by atoms with van der Waals surface area (Å²) in [6.45, 7) is 3.84. The number of aliphatic carboxylic acids is 1. The van der Waals surface area contributed by atoms with E-state index in [1.54, 1.807) is 48.5 Å². The number of rotatable bonds is 10. The van der Waals surface area contributed by atoms with Crippen LogP contribution in [0.15, 0.2) is 54.6 Å². The molecule has 0 aliphatic heterocycles. The van der Waals surface area contributed by atoms with Crippen molar-refractivity contribution in [3.8, 4) is 0 Å². The molecular weight excluding hydrogens is 389 g/mol. The number of amides is 1. The van der Waals surface area contributed by atoms with Crippen molar-refractivity contribution in [1.82, 2.24) is 0 Å². The summed E-state index contributed by atoms with van der Waals surface area (Å²) in [6.07, 6.45) is 0.523. The Morgan fingerprint density at radius 1 is 1.10 bits per heavy atom. The molecule has 0 aromatic heterocycles. The Balaban J connectivity index is 2.17. The number of anilines is 1. The summed E-state index contributed by atoms with van der Waals surface area (Å²) in [5.74, 6) is -2.05. The fourth-order valence-corrected chi connectivity index (χ4v) is 3.88. The number of ether oxygens (including phenoxy) is 1. The molecule has 2 atom stereocenters. The van der Waals surface area contributed by atoms with E-state index in [0.29, 0.717) is 17.7 Å². The molecule has 0 bridgehead atoms. The van der Waals surface area contributed by atoms with Gasteiger partial charge in [-0.15, -0.1) is 0 Å². The quantitative estimate of drug-likeness (QED) is 0.541. The summed E-state index contributed by atoms with van der Waals surface area (Å²) in [4.78, 5) is 24.1. The third kappa shape index (κ3) is 5.96. The lowest BCUT2D eigenvalue weighted by Crippen LogP contribution is -2.42. The second-order valence-corrected chi connectivity index (χ2v) is 8.29. The lowest BCUT2D eigenvalue weighted by atomic mass is 9.88. The Labute approximate surface area is 172 Å². The number of methoxy groups -OCH3 is 1. The Morgan fingerprint density at radius 2 is 1.72 bits per heavy atom. The van der Waals surface area contributed by atoms with Crippen LogP contribution in [0.1, 0.15) is 36.2 Å². The van der Waals surface area contributed by atoms with Gasteiger partial charge in [-0.05, 0) is 42.2 Å². The third-order valence-corrected chi connectivity index (χ3v) is 5.72. The highest BCUT2D eigenvalue weighted by Crippen LogP contribution is 2.40. The van der Waals surface area contributed by atoms with E-state index in [4.69, 9.17) is 4.74 Å². The predicted octanol–water partition coefficient (Wildman–Crippen LogP) is 4.86. The van der Waals surface area contributed by atoms with Crippen molar-refractivity contribution in [2.75, 3.05) is 12.4 Å². The number of benzene rings is 2. The number of carboxylic acids is 1. The van der Waals surface area contributed by atoms with Crippen molar-refractivity contribution in [1.29, 1.82) is 0 Å². The molecule has 2 rings (SSSR count). The SMILES string of the molecule is COC(Cc1ccc(NC(=O)c2ccccc2)cc1)(P=O)C(CC(C)C)C(=O)O. The molecular formula is C22H26NO5P. The van der Waals surface area contributed by atoms with Gasteiger partial charge in [0.2, 0.25) is 0 Å². The van der Waals surface area contributed by atoms with Crippen molar-refractivity contribution in [3.05, 3.63) is 65.7 Å². The summed E-state index contributed by atoms with van der Waals surface area (Å²) in [6, 6.07) is 15.9. The Bertz CT molecular complexity index is 838. The van der Waals surface area contributed by atoms with Crippen LogP contribution in [0, 0.1) is 11.8 Å². The van der Waals surface area contributed by atoms with Crippen LogP contribution < -0.4 is 5.32 Å². The molecule has 29 heavy (non-hydrogen) atoms. The summed E-state index contributed by atoms with van der Waals surface area (Å²) in [5, 5.41) is 11.1. The van der Waals surface area contributed by atoms with E-state index in [1.165, 1.54) is 7.11 Å². The highest BCUT2D eigenvalue weighted by atomic mass is 31.1. The molecule has 0 radical (unpaired) electrons. The number of hydrogen-bond acceptors (Lipinski definition) is 4. The number of hydrogen-bond donors (Lipinski definition) is 2. The van der Waals surface area contributed by atoms with Crippen LogP contribution in [0.2, 0.25) is 0 Å². The maximum Gasteiger partial charge on any atom is 0.310 e. The first-order chi connectivity index (χ1) is 13.8. The van der Waals surface area contributed by atoms with Gasteiger partial charge in [0, 0.05) is 24.8 Å². The van der Waals surface area contributed by atoms with Gasteiger partial charge in [0.15, 0.2) is 13.8 Å². The maximum absolute atomic E-state index is 12.2. The minimum atomic E-state index is -1.36. The molecule has 0 aliphatic carbocycles. The van der Waals surface area contributed by atoms with E-state index in [0.717, 1.165) is 5.56 Å². The molecule has 0 aliphatic rings. The Kier molecular flexibility index (Phi) is 8.06. The first kappa shape index (κ1) is 22.7. The van der Waals surface area contributed by atoms with Crippen LogP contribution in [0.4, 0.5) is 5.69 Å². The van der Waals surface area contributed by atoms with Crippen LogP contribution in [-0.4, -0.2) is 29.4 Å². The third-order valence-electron chi connectivity index (χ3n) is 4.76. The molecule has 0 saturated heterocycles. The largest absolute Gasteiger partial charge is 0.481 e. The molecule has 1 amide bonds. The molecule has 2 N–H and O–H groups in total. The summed E-state index contributed by atoms with van der Waals surface area (Å²) in [7, 11) is 1.01. The molecule has 0 spiro atoms. The topological polar surface area (TPSA) is 92.7 Å². The lowest BCUT2D eigenvalue weighted by Gasteiger charge is -2.32. The maximum atomic E-state index is 12.2. The van der Waals surface area contributed by atoms with E-state index in [9.17, 15) is 19.3 Å². The smallest absolute Gasteiger partial charge is 0.310 e. The van der Waals surface area contributed by atoms with Gasteiger partial charge in [0.1, 0.15) is 0 Å². The molecule has 2 aromatic rings. The van der Waals surface area contributed by atoms with Crippen LogP contribution in [0.3, 0.4) is 0 Å². The molecule has 2 unspecified atom stereocenters. The van der Waals surface area contributed by atoms with E-state index in [1.807, 2.05) is 19.9 Å². The van der Waals surface area contributed by atoms with E-state index < -0.39 is 17.2 Å². The van der Waals surface area contributed by atoms with Crippen molar-refractivity contribution < 1.29 is 24.0 Å². The first-order valence-corrected chi connectivity index (χ1v) is 10.2. The lowest BCUT2D eigenvalue weighted by molar-refractivity contribution is -0.149. The van der Waals surface area contributed by atoms with Gasteiger partial charge < -0.3 is 15.2 Å². The molecule has 7 heteroatoms. The van der Waals surface area contributed by atoms with Crippen LogP contribution in [0.25, 0.3) is 0 Å². The zero-order valence-electron chi connectivity index (χ0n) is 16.8. The van der Waals surface area contributed by atoms with Gasteiger partial charge in [-0.1, -0.05) is 44.2 Å². The molecule has 154 valence electrons. The summed E-state index contributed by atoms with van der Waals surface area (Å²) in [5.41, 5.74) is 1.93. The van der Waals surface area contributed by atoms with Gasteiger partial charge >= 0.3 is 5.97 Å². The predicted molar refractivity (Wildman–Crippen MR) is 112 cm³/mol.